The Kier molecular flexibility index (Phi) is 3.66. The second-order valence-electron chi connectivity index (χ2n) is 4.86. The molecule has 0 atom stereocenters. The van der Waals surface area contributed by atoms with Crippen LogP contribution >= 0.6 is 0 Å². The quantitative estimate of drug-likeness (QED) is 0.793. The van der Waals surface area contributed by atoms with Crippen LogP contribution in [0.15, 0.2) is 42.7 Å². The monoisotopic (exact) mass is 317 g/mol. The molecule has 0 fully saturated rings. The molecule has 23 heavy (non-hydrogen) atoms. The third-order valence-electron chi connectivity index (χ3n) is 3.30. The average molecular weight is 317 g/mol. The lowest BCUT2D eigenvalue weighted by atomic mass is 10.1. The SMILES string of the molecule is N#Cc1ccc(C(F)(F)F)c(OCc2ccc3nc[nH]c3c2)c1. The van der Waals surface area contributed by atoms with Gasteiger partial charge in [0.05, 0.1) is 34.6 Å². The molecule has 0 aliphatic rings. The fourth-order valence-corrected chi connectivity index (χ4v) is 2.18. The van der Waals surface area contributed by atoms with Gasteiger partial charge in [0.15, 0.2) is 0 Å². The molecule has 7 heteroatoms. The molecule has 0 radical (unpaired) electrons. The summed E-state index contributed by atoms with van der Waals surface area (Å²) in [5.74, 6) is -0.360. The number of fused-ring (bicyclic) bond motifs is 1. The lowest BCUT2D eigenvalue weighted by Crippen LogP contribution is -2.09. The molecule has 0 saturated heterocycles. The molecule has 0 aliphatic heterocycles. The van der Waals surface area contributed by atoms with Crippen molar-refractivity contribution < 1.29 is 17.9 Å². The molecule has 0 unspecified atom stereocenters. The molecule has 0 aliphatic carbocycles. The van der Waals surface area contributed by atoms with Crippen molar-refractivity contribution in [3.8, 4) is 11.8 Å². The van der Waals surface area contributed by atoms with Crippen LogP contribution in [-0.4, -0.2) is 9.97 Å². The number of aromatic nitrogens is 2. The number of rotatable bonds is 3. The molecule has 1 aromatic heterocycles. The zero-order valence-electron chi connectivity index (χ0n) is 11.7. The minimum atomic E-state index is -4.54. The Morgan fingerprint density at radius 3 is 2.74 bits per heavy atom. The molecule has 0 saturated carbocycles. The number of aromatic amines is 1. The molecule has 2 aromatic carbocycles. The highest BCUT2D eigenvalue weighted by molar-refractivity contribution is 5.74. The Morgan fingerprint density at radius 2 is 2.00 bits per heavy atom. The van der Waals surface area contributed by atoms with Gasteiger partial charge >= 0.3 is 6.18 Å². The minimum absolute atomic E-state index is 0.0487. The van der Waals surface area contributed by atoms with Crippen molar-refractivity contribution in [2.45, 2.75) is 12.8 Å². The number of ether oxygens (including phenoxy) is 1. The van der Waals surface area contributed by atoms with Gasteiger partial charge in [0.25, 0.3) is 0 Å². The maximum absolute atomic E-state index is 13.0. The van der Waals surface area contributed by atoms with E-state index in [2.05, 4.69) is 9.97 Å². The first-order valence-corrected chi connectivity index (χ1v) is 6.63. The second-order valence-corrected chi connectivity index (χ2v) is 4.86. The van der Waals surface area contributed by atoms with Crippen LogP contribution in [0.3, 0.4) is 0 Å². The van der Waals surface area contributed by atoms with E-state index in [9.17, 15) is 13.2 Å². The number of benzene rings is 2. The van der Waals surface area contributed by atoms with Gasteiger partial charge in [-0.2, -0.15) is 18.4 Å². The summed E-state index contributed by atoms with van der Waals surface area (Å²) in [5, 5.41) is 8.84. The predicted octanol–water partition coefficient (Wildman–Crippen LogP) is 4.03. The molecule has 3 aromatic rings. The number of hydrogen-bond acceptors (Lipinski definition) is 3. The van der Waals surface area contributed by atoms with Crippen LogP contribution in [0.1, 0.15) is 16.7 Å². The summed E-state index contributed by atoms with van der Waals surface area (Å²) in [6.07, 6.45) is -3.01. The van der Waals surface area contributed by atoms with Crippen molar-refractivity contribution >= 4 is 11.0 Å². The maximum atomic E-state index is 13.0. The zero-order valence-corrected chi connectivity index (χ0v) is 11.7. The van der Waals surface area contributed by atoms with Crippen LogP contribution in [0.5, 0.6) is 5.75 Å². The van der Waals surface area contributed by atoms with Crippen molar-refractivity contribution in [1.82, 2.24) is 9.97 Å². The molecule has 4 nitrogen and oxygen atoms in total. The van der Waals surface area contributed by atoms with Gasteiger partial charge in [-0.25, -0.2) is 4.98 Å². The van der Waals surface area contributed by atoms with Crippen LogP contribution in [0.2, 0.25) is 0 Å². The molecular weight excluding hydrogens is 307 g/mol. The largest absolute Gasteiger partial charge is 0.488 e. The van der Waals surface area contributed by atoms with Gasteiger partial charge < -0.3 is 9.72 Å². The summed E-state index contributed by atoms with van der Waals surface area (Å²) in [6, 6.07) is 10.1. The number of nitrogens with one attached hydrogen (secondary N) is 1. The molecule has 0 spiro atoms. The van der Waals surface area contributed by atoms with Crippen molar-refractivity contribution in [1.29, 1.82) is 5.26 Å². The van der Waals surface area contributed by atoms with E-state index in [-0.39, 0.29) is 17.9 Å². The second kappa shape index (κ2) is 5.65. The standard InChI is InChI=1S/C16H10F3N3O/c17-16(18,19)12-3-1-10(7-20)6-15(12)23-8-11-2-4-13-14(5-11)22-9-21-13/h1-6,9H,8H2,(H,21,22). The first kappa shape index (κ1) is 14.9. The van der Waals surface area contributed by atoms with E-state index in [0.29, 0.717) is 5.56 Å². The number of nitriles is 1. The topological polar surface area (TPSA) is 61.7 Å². The normalized spacial score (nSPS) is 11.4. The van der Waals surface area contributed by atoms with Gasteiger partial charge in [-0.15, -0.1) is 0 Å². The Bertz CT molecular complexity index is 893. The Morgan fingerprint density at radius 1 is 1.17 bits per heavy atom. The van der Waals surface area contributed by atoms with Crippen molar-refractivity contribution in [2.75, 3.05) is 0 Å². The number of nitrogens with zero attached hydrogens (tertiary/aromatic N) is 2. The van der Waals surface area contributed by atoms with Crippen LogP contribution in [-0.2, 0) is 12.8 Å². The summed E-state index contributed by atoms with van der Waals surface area (Å²) in [5.41, 5.74) is 1.43. The summed E-state index contributed by atoms with van der Waals surface area (Å²) >= 11 is 0. The highest BCUT2D eigenvalue weighted by Gasteiger charge is 2.34. The third-order valence-corrected chi connectivity index (χ3v) is 3.30. The Labute approximate surface area is 129 Å². The van der Waals surface area contributed by atoms with Gasteiger partial charge in [0, 0.05) is 0 Å². The van der Waals surface area contributed by atoms with Gasteiger partial charge in [-0.3, -0.25) is 0 Å². The summed E-state index contributed by atoms with van der Waals surface area (Å²) in [4.78, 5) is 6.99. The third kappa shape index (κ3) is 3.11. The fourth-order valence-electron chi connectivity index (χ4n) is 2.18. The summed E-state index contributed by atoms with van der Waals surface area (Å²) < 4.78 is 44.3. The first-order chi connectivity index (χ1) is 11.0. The van der Waals surface area contributed by atoms with E-state index < -0.39 is 11.7 Å². The van der Waals surface area contributed by atoms with Crippen molar-refractivity contribution in [2.24, 2.45) is 0 Å². The predicted molar refractivity (Wildman–Crippen MR) is 76.6 cm³/mol. The number of imidazole rings is 1. The highest BCUT2D eigenvalue weighted by atomic mass is 19.4. The molecule has 1 N–H and O–H groups in total. The van der Waals surface area contributed by atoms with Crippen LogP contribution in [0.25, 0.3) is 11.0 Å². The minimum Gasteiger partial charge on any atom is -0.488 e. The lowest BCUT2D eigenvalue weighted by Gasteiger charge is -2.14. The number of halogens is 3. The number of alkyl halides is 3. The fraction of sp³-hybridized carbons (Fsp3) is 0.125. The smallest absolute Gasteiger partial charge is 0.419 e. The van der Waals surface area contributed by atoms with E-state index in [1.165, 1.54) is 6.33 Å². The molecule has 1 heterocycles. The first-order valence-electron chi connectivity index (χ1n) is 6.63. The maximum Gasteiger partial charge on any atom is 0.419 e. The van der Waals surface area contributed by atoms with Crippen LogP contribution in [0.4, 0.5) is 13.2 Å². The Balaban J connectivity index is 1.88. The molecule has 0 bridgehead atoms. The van der Waals surface area contributed by atoms with Crippen LogP contribution in [0, 0.1) is 11.3 Å². The van der Waals surface area contributed by atoms with Crippen molar-refractivity contribution in [3.05, 3.63) is 59.4 Å². The Hall–Kier alpha value is -3.01. The summed E-state index contributed by atoms with van der Waals surface area (Å²) in [7, 11) is 0. The van der Waals surface area contributed by atoms with E-state index in [4.69, 9.17) is 10.00 Å². The van der Waals surface area contributed by atoms with Gasteiger partial charge in [-0.1, -0.05) is 6.07 Å². The van der Waals surface area contributed by atoms with E-state index in [1.54, 1.807) is 24.3 Å². The zero-order chi connectivity index (χ0) is 16.4. The summed E-state index contributed by atoms with van der Waals surface area (Å²) in [6.45, 7) is -0.0487. The molecular formula is C16H10F3N3O. The molecule has 116 valence electrons. The van der Waals surface area contributed by atoms with Gasteiger partial charge in [0.2, 0.25) is 0 Å². The number of H-pyrrole nitrogens is 1. The van der Waals surface area contributed by atoms with E-state index in [0.717, 1.165) is 29.2 Å². The van der Waals surface area contributed by atoms with Gasteiger partial charge in [0.1, 0.15) is 12.4 Å². The molecule has 0 amide bonds. The highest BCUT2D eigenvalue weighted by Crippen LogP contribution is 2.37. The van der Waals surface area contributed by atoms with E-state index in [1.807, 2.05) is 0 Å². The van der Waals surface area contributed by atoms with Crippen molar-refractivity contribution in [3.63, 3.8) is 0 Å². The number of hydrogen-bond donors (Lipinski definition) is 1. The average Bonchev–Trinajstić information content (AvgIpc) is 2.99. The van der Waals surface area contributed by atoms with E-state index >= 15 is 0 Å². The van der Waals surface area contributed by atoms with Gasteiger partial charge in [-0.05, 0) is 35.9 Å². The van der Waals surface area contributed by atoms with Crippen LogP contribution < -0.4 is 4.74 Å². The lowest BCUT2D eigenvalue weighted by molar-refractivity contribution is -0.139. The molecule has 3 rings (SSSR count).